The van der Waals surface area contributed by atoms with Crippen LogP contribution in [0.5, 0.6) is 0 Å². The standard InChI is InChI=1S/C34H35N9O3/c35-31-30-26(19-28(42(30)38-20-37-31)22-12-17-40(18-13-22)33(45)23-4-5-23)21-6-8-24(9-7-21)39-32(44)29-27-3-1-2-16-41(27)43(34(29)46)25-10-14-36-15-11-25/h6-11,14-15,19-20,22-23H,1-5,12-13,16-18H2,(H,39,44)(H2,35,37,38). The number of carbonyl (C=O) groups is 2. The number of nitrogens with two attached hydrogens (primary N) is 1. The van der Waals surface area contributed by atoms with Gasteiger partial charge in [0, 0.05) is 60.8 Å². The Morgan fingerprint density at radius 1 is 0.935 bits per heavy atom. The van der Waals surface area contributed by atoms with Crippen LogP contribution >= 0.6 is 0 Å². The van der Waals surface area contributed by atoms with E-state index in [4.69, 9.17) is 5.73 Å². The van der Waals surface area contributed by atoms with E-state index in [1.807, 2.05) is 38.4 Å². The van der Waals surface area contributed by atoms with Crippen LogP contribution in [0.15, 0.2) is 66.0 Å². The van der Waals surface area contributed by atoms with Gasteiger partial charge in [0.25, 0.3) is 11.5 Å². The zero-order valence-electron chi connectivity index (χ0n) is 25.4. The number of hydrogen-bond acceptors (Lipinski definition) is 7. The van der Waals surface area contributed by atoms with Crippen molar-refractivity contribution in [3.8, 4) is 16.8 Å². The van der Waals surface area contributed by atoms with Gasteiger partial charge in [-0.25, -0.2) is 14.2 Å². The maximum atomic E-state index is 13.6. The number of nitrogen functional groups attached to an aromatic ring is 1. The number of fused-ring (bicyclic) bond motifs is 2. The van der Waals surface area contributed by atoms with Crippen molar-refractivity contribution in [2.75, 3.05) is 24.1 Å². The lowest BCUT2D eigenvalue weighted by atomic mass is 9.92. The molecular formula is C34H35N9O3. The summed E-state index contributed by atoms with van der Waals surface area (Å²) in [5.41, 5.74) is 11.9. The second kappa shape index (κ2) is 11.3. The minimum atomic E-state index is -0.419. The fourth-order valence-corrected chi connectivity index (χ4v) is 7.12. The van der Waals surface area contributed by atoms with E-state index in [-0.39, 0.29) is 23.0 Å². The van der Waals surface area contributed by atoms with E-state index in [9.17, 15) is 14.4 Å². The van der Waals surface area contributed by atoms with Gasteiger partial charge in [0.2, 0.25) is 5.91 Å². The van der Waals surface area contributed by atoms with Crippen LogP contribution < -0.4 is 16.6 Å². The summed E-state index contributed by atoms with van der Waals surface area (Å²) < 4.78 is 5.40. The lowest BCUT2D eigenvalue weighted by molar-refractivity contribution is -0.133. The highest BCUT2D eigenvalue weighted by atomic mass is 16.2. The molecule has 4 aromatic heterocycles. The SMILES string of the molecule is Nc1ncnn2c(C3CCN(C(=O)C4CC4)CC3)cc(-c3ccc(NC(=O)c4c5n(n(-c6ccncc6)c4=O)CCCC5)cc3)c12. The third-order valence-corrected chi connectivity index (χ3v) is 9.63. The van der Waals surface area contributed by atoms with E-state index in [0.717, 1.165) is 79.6 Å². The molecule has 46 heavy (non-hydrogen) atoms. The predicted molar refractivity (Wildman–Crippen MR) is 173 cm³/mol. The fraction of sp³-hybridized carbons (Fsp3) is 0.353. The molecule has 0 unspecified atom stereocenters. The number of amides is 2. The molecule has 234 valence electrons. The first-order valence-electron chi connectivity index (χ1n) is 16.1. The molecule has 1 aliphatic carbocycles. The molecule has 0 bridgehead atoms. The van der Waals surface area contributed by atoms with E-state index in [2.05, 4.69) is 26.4 Å². The third-order valence-electron chi connectivity index (χ3n) is 9.63. The maximum Gasteiger partial charge on any atom is 0.284 e. The Balaban J connectivity index is 1.06. The average molecular weight is 618 g/mol. The second-order valence-corrected chi connectivity index (χ2v) is 12.5. The van der Waals surface area contributed by atoms with Crippen molar-refractivity contribution in [2.45, 2.75) is 57.4 Å². The Morgan fingerprint density at radius 2 is 1.70 bits per heavy atom. The van der Waals surface area contributed by atoms with Gasteiger partial charge in [-0.3, -0.25) is 24.0 Å². The third kappa shape index (κ3) is 4.84. The van der Waals surface area contributed by atoms with Gasteiger partial charge in [0.15, 0.2) is 5.82 Å². The van der Waals surface area contributed by atoms with Gasteiger partial charge in [-0.2, -0.15) is 5.10 Å². The Bertz CT molecular complexity index is 2010. The van der Waals surface area contributed by atoms with Crippen molar-refractivity contribution in [1.82, 2.24) is 33.8 Å². The van der Waals surface area contributed by atoms with Gasteiger partial charge >= 0.3 is 0 Å². The lowest BCUT2D eigenvalue weighted by Gasteiger charge is -2.32. The molecule has 1 saturated heterocycles. The molecule has 2 fully saturated rings. The van der Waals surface area contributed by atoms with E-state index in [1.165, 1.54) is 6.33 Å². The zero-order chi connectivity index (χ0) is 31.4. The number of hydrogen-bond donors (Lipinski definition) is 2. The highest BCUT2D eigenvalue weighted by Crippen LogP contribution is 2.38. The largest absolute Gasteiger partial charge is 0.382 e. The molecule has 0 spiro atoms. The van der Waals surface area contributed by atoms with Crippen molar-refractivity contribution in [3.05, 3.63) is 88.5 Å². The lowest BCUT2D eigenvalue weighted by Crippen LogP contribution is -2.39. The Hall–Kier alpha value is -5.26. The van der Waals surface area contributed by atoms with Gasteiger partial charge in [-0.05, 0) is 80.8 Å². The summed E-state index contributed by atoms with van der Waals surface area (Å²) in [6.45, 7) is 2.17. The van der Waals surface area contributed by atoms with Crippen LogP contribution in [-0.4, -0.2) is 58.7 Å². The monoisotopic (exact) mass is 617 g/mol. The number of carbonyl (C=O) groups excluding carboxylic acids is 2. The van der Waals surface area contributed by atoms with Crippen molar-refractivity contribution in [3.63, 3.8) is 0 Å². The molecule has 0 atom stereocenters. The first-order chi connectivity index (χ1) is 22.5. The molecule has 3 aliphatic rings. The molecule has 12 nitrogen and oxygen atoms in total. The number of benzene rings is 1. The molecule has 0 radical (unpaired) electrons. The van der Waals surface area contributed by atoms with Gasteiger partial charge in [0.05, 0.1) is 11.4 Å². The number of anilines is 2. The molecule has 5 aromatic rings. The number of aromatic nitrogens is 6. The summed E-state index contributed by atoms with van der Waals surface area (Å²) in [7, 11) is 0. The fourth-order valence-electron chi connectivity index (χ4n) is 7.12. The smallest absolute Gasteiger partial charge is 0.284 e. The summed E-state index contributed by atoms with van der Waals surface area (Å²) in [5.74, 6) is 0.740. The van der Waals surface area contributed by atoms with Crippen molar-refractivity contribution < 1.29 is 9.59 Å². The first kappa shape index (κ1) is 28.2. The van der Waals surface area contributed by atoms with E-state index in [0.29, 0.717) is 36.1 Å². The topological polar surface area (TPSA) is 145 Å². The van der Waals surface area contributed by atoms with Crippen LogP contribution in [-0.2, 0) is 17.8 Å². The quantitative estimate of drug-likeness (QED) is 0.293. The number of piperidine rings is 1. The number of nitrogens with zero attached hydrogens (tertiary/aromatic N) is 7. The Morgan fingerprint density at radius 3 is 2.43 bits per heavy atom. The van der Waals surface area contributed by atoms with Crippen molar-refractivity contribution in [2.24, 2.45) is 5.92 Å². The van der Waals surface area contributed by atoms with E-state index < -0.39 is 5.91 Å². The van der Waals surface area contributed by atoms with Gasteiger partial charge in [0.1, 0.15) is 17.4 Å². The number of pyridine rings is 1. The highest BCUT2D eigenvalue weighted by Gasteiger charge is 2.36. The molecule has 8 rings (SSSR count). The Kier molecular flexibility index (Phi) is 6.92. The normalized spacial score (nSPS) is 16.8. The van der Waals surface area contributed by atoms with Crippen molar-refractivity contribution >= 4 is 28.8 Å². The van der Waals surface area contributed by atoms with Gasteiger partial charge < -0.3 is 16.0 Å². The summed E-state index contributed by atoms with van der Waals surface area (Å²) in [6.07, 6.45) is 11.1. The summed E-state index contributed by atoms with van der Waals surface area (Å²) >= 11 is 0. The molecule has 6 heterocycles. The summed E-state index contributed by atoms with van der Waals surface area (Å²) in [5, 5.41) is 7.52. The molecule has 12 heteroatoms. The molecular weight excluding hydrogens is 582 g/mol. The molecule has 3 N–H and O–H groups in total. The molecule has 1 saturated carbocycles. The van der Waals surface area contributed by atoms with Crippen LogP contribution in [0.2, 0.25) is 0 Å². The first-order valence-corrected chi connectivity index (χ1v) is 16.1. The molecule has 2 aliphatic heterocycles. The maximum absolute atomic E-state index is 13.6. The molecule has 1 aromatic carbocycles. The minimum absolute atomic E-state index is 0.179. The van der Waals surface area contributed by atoms with Crippen molar-refractivity contribution in [1.29, 1.82) is 0 Å². The summed E-state index contributed by atoms with van der Waals surface area (Å²) in [6, 6.07) is 13.2. The van der Waals surface area contributed by atoms with Crippen LogP contribution in [0, 0.1) is 5.92 Å². The van der Waals surface area contributed by atoms with Crippen LogP contribution in [0.1, 0.15) is 66.2 Å². The highest BCUT2D eigenvalue weighted by molar-refractivity contribution is 6.05. The average Bonchev–Trinajstić information content (AvgIpc) is 3.79. The predicted octanol–water partition coefficient (Wildman–Crippen LogP) is 4.03. The van der Waals surface area contributed by atoms with E-state index >= 15 is 0 Å². The number of likely N-dealkylation sites (tertiary alicyclic amines) is 1. The van der Waals surface area contributed by atoms with E-state index in [1.54, 1.807) is 29.2 Å². The molecule has 2 amide bonds. The number of nitrogens with one attached hydrogen (secondary N) is 1. The van der Waals surface area contributed by atoms with Crippen LogP contribution in [0.4, 0.5) is 11.5 Å². The van der Waals surface area contributed by atoms with Gasteiger partial charge in [-0.1, -0.05) is 12.1 Å². The summed E-state index contributed by atoms with van der Waals surface area (Å²) in [4.78, 5) is 50.2. The number of rotatable bonds is 6. The van der Waals surface area contributed by atoms with Crippen LogP contribution in [0.3, 0.4) is 0 Å². The van der Waals surface area contributed by atoms with Gasteiger partial charge in [-0.15, -0.1) is 0 Å². The van der Waals surface area contributed by atoms with Crippen LogP contribution in [0.25, 0.3) is 22.3 Å². The second-order valence-electron chi connectivity index (χ2n) is 12.5. The zero-order valence-corrected chi connectivity index (χ0v) is 25.4. The Labute approximate surface area is 264 Å². The minimum Gasteiger partial charge on any atom is -0.382 e.